The fraction of sp³-hybridized carbons (Fsp3) is 0.474. The molecule has 0 bridgehead atoms. The van der Waals surface area contributed by atoms with E-state index in [0.717, 1.165) is 5.56 Å². The van der Waals surface area contributed by atoms with E-state index in [-0.39, 0.29) is 6.09 Å². The molecule has 3 rings (SSSR count). The molecule has 9 nitrogen and oxygen atoms in total. The Balaban J connectivity index is 1.80. The number of rotatable bonds is 3. The number of ether oxygens (including phenoxy) is 2. The van der Waals surface area contributed by atoms with Crippen LogP contribution in [0.15, 0.2) is 35.3 Å². The molecule has 0 aliphatic carbocycles. The summed E-state index contributed by atoms with van der Waals surface area (Å²) in [4.78, 5) is 44.9. The van der Waals surface area contributed by atoms with Crippen molar-refractivity contribution < 1.29 is 23.9 Å². The number of amides is 2. The molecule has 2 aliphatic rings. The van der Waals surface area contributed by atoms with E-state index in [1.807, 2.05) is 35.2 Å². The minimum atomic E-state index is -1.04. The SMILES string of the molecule is CCOC(=O)N1CCN(C2=N[C@@H](c3ccccc3)[C@@H](C(=O)OC)C(=O)N2)CC1. The number of carbonyl (C=O) groups is 3. The van der Waals surface area contributed by atoms with E-state index in [1.165, 1.54) is 7.11 Å². The molecule has 0 unspecified atom stereocenters. The second-order valence-corrected chi connectivity index (χ2v) is 6.47. The van der Waals surface area contributed by atoms with Gasteiger partial charge in [0.05, 0.1) is 13.7 Å². The van der Waals surface area contributed by atoms with Gasteiger partial charge in [-0.25, -0.2) is 9.79 Å². The number of esters is 1. The zero-order valence-corrected chi connectivity index (χ0v) is 16.0. The molecule has 0 radical (unpaired) electrons. The second kappa shape index (κ2) is 8.73. The number of benzene rings is 1. The average Bonchev–Trinajstić information content (AvgIpc) is 2.73. The lowest BCUT2D eigenvalue weighted by molar-refractivity contribution is -0.151. The Morgan fingerprint density at radius 3 is 2.46 bits per heavy atom. The summed E-state index contributed by atoms with van der Waals surface area (Å²) in [5, 5.41) is 2.72. The predicted octanol–water partition coefficient (Wildman–Crippen LogP) is 0.777. The average molecular weight is 388 g/mol. The number of hydrogen-bond donors (Lipinski definition) is 1. The standard InChI is InChI=1S/C19H24N4O5/c1-3-28-19(26)23-11-9-22(10-12-23)18-20-15(13-7-5-4-6-8-13)14(16(24)21-18)17(25)27-2/h4-8,14-15H,3,9-12H2,1-2H3,(H,20,21,24)/t14-,15+/m1/s1. The zero-order valence-electron chi connectivity index (χ0n) is 16.0. The van der Waals surface area contributed by atoms with E-state index < -0.39 is 23.8 Å². The minimum absolute atomic E-state index is 0.329. The van der Waals surface area contributed by atoms with Crippen LogP contribution in [0.25, 0.3) is 0 Å². The summed E-state index contributed by atoms with van der Waals surface area (Å²) in [6.45, 7) is 4.02. The van der Waals surface area contributed by atoms with Crippen molar-refractivity contribution >= 4 is 23.9 Å². The zero-order chi connectivity index (χ0) is 20.1. The van der Waals surface area contributed by atoms with Crippen LogP contribution in [0.1, 0.15) is 18.5 Å². The molecule has 2 amide bonds. The van der Waals surface area contributed by atoms with Crippen LogP contribution in [0.2, 0.25) is 0 Å². The molecule has 1 aromatic carbocycles. The molecule has 0 aromatic heterocycles. The second-order valence-electron chi connectivity index (χ2n) is 6.47. The molecule has 2 aliphatic heterocycles. The number of hydrogen-bond acceptors (Lipinski definition) is 7. The molecule has 2 heterocycles. The third-order valence-electron chi connectivity index (χ3n) is 4.80. The summed E-state index contributed by atoms with van der Waals surface area (Å²) in [6.07, 6.45) is -0.343. The molecule has 1 aromatic rings. The van der Waals surface area contributed by atoms with Crippen LogP contribution in [0, 0.1) is 5.92 Å². The van der Waals surface area contributed by atoms with Gasteiger partial charge < -0.3 is 19.3 Å². The smallest absolute Gasteiger partial charge is 0.409 e. The topological polar surface area (TPSA) is 101 Å². The minimum Gasteiger partial charge on any atom is -0.468 e. The number of carbonyl (C=O) groups excluding carboxylic acids is 3. The van der Waals surface area contributed by atoms with Gasteiger partial charge >= 0.3 is 12.1 Å². The van der Waals surface area contributed by atoms with Gasteiger partial charge in [0.15, 0.2) is 5.92 Å². The molecule has 0 saturated carbocycles. The summed E-state index contributed by atoms with van der Waals surface area (Å²) < 4.78 is 9.84. The van der Waals surface area contributed by atoms with Crippen LogP contribution in [-0.2, 0) is 19.1 Å². The van der Waals surface area contributed by atoms with Gasteiger partial charge in [0.25, 0.3) is 0 Å². The Bertz CT molecular complexity index is 759. The maximum atomic E-state index is 12.7. The lowest BCUT2D eigenvalue weighted by Crippen LogP contribution is -2.58. The van der Waals surface area contributed by atoms with E-state index in [1.54, 1.807) is 11.8 Å². The van der Waals surface area contributed by atoms with Crippen LogP contribution in [-0.4, -0.2) is 73.6 Å². The van der Waals surface area contributed by atoms with Crippen molar-refractivity contribution in [2.24, 2.45) is 10.9 Å². The van der Waals surface area contributed by atoms with Crippen molar-refractivity contribution in [2.75, 3.05) is 39.9 Å². The highest BCUT2D eigenvalue weighted by Crippen LogP contribution is 2.30. The largest absolute Gasteiger partial charge is 0.468 e. The van der Waals surface area contributed by atoms with Crippen LogP contribution in [0.5, 0.6) is 0 Å². The lowest BCUT2D eigenvalue weighted by Gasteiger charge is -2.38. The van der Waals surface area contributed by atoms with Gasteiger partial charge in [-0.05, 0) is 12.5 Å². The van der Waals surface area contributed by atoms with E-state index in [4.69, 9.17) is 9.47 Å². The first-order chi connectivity index (χ1) is 13.5. The molecule has 9 heteroatoms. The molecular weight excluding hydrogens is 364 g/mol. The Labute approximate surface area is 163 Å². The third kappa shape index (κ3) is 4.08. The molecule has 150 valence electrons. The van der Waals surface area contributed by atoms with Gasteiger partial charge in [0, 0.05) is 26.2 Å². The highest BCUT2D eigenvalue weighted by molar-refractivity contribution is 6.08. The van der Waals surface area contributed by atoms with Crippen molar-refractivity contribution in [1.82, 2.24) is 15.1 Å². The Morgan fingerprint density at radius 2 is 1.86 bits per heavy atom. The van der Waals surface area contributed by atoms with E-state index in [2.05, 4.69) is 10.3 Å². The van der Waals surface area contributed by atoms with Gasteiger partial charge in [0.2, 0.25) is 11.9 Å². The normalized spacial score (nSPS) is 22.2. The Morgan fingerprint density at radius 1 is 1.18 bits per heavy atom. The van der Waals surface area contributed by atoms with Crippen LogP contribution in [0.4, 0.5) is 4.79 Å². The van der Waals surface area contributed by atoms with Gasteiger partial charge in [0.1, 0.15) is 6.04 Å². The summed E-state index contributed by atoms with van der Waals surface area (Å²) in [5.74, 6) is -1.71. The van der Waals surface area contributed by atoms with Crippen LogP contribution in [0.3, 0.4) is 0 Å². The highest BCUT2D eigenvalue weighted by Gasteiger charge is 2.42. The lowest BCUT2D eigenvalue weighted by atomic mass is 9.91. The van der Waals surface area contributed by atoms with Gasteiger partial charge in [-0.1, -0.05) is 30.3 Å². The van der Waals surface area contributed by atoms with Gasteiger partial charge in [-0.2, -0.15) is 0 Å². The van der Waals surface area contributed by atoms with E-state index in [0.29, 0.717) is 38.7 Å². The maximum absolute atomic E-state index is 12.7. The molecule has 0 spiro atoms. The van der Waals surface area contributed by atoms with Crippen LogP contribution < -0.4 is 5.32 Å². The number of methoxy groups -OCH3 is 1. The Hall–Kier alpha value is -3.10. The first-order valence-electron chi connectivity index (χ1n) is 9.23. The third-order valence-corrected chi connectivity index (χ3v) is 4.80. The molecule has 1 fully saturated rings. The number of nitrogens with one attached hydrogen (secondary N) is 1. The van der Waals surface area contributed by atoms with Crippen molar-refractivity contribution in [3.8, 4) is 0 Å². The fourth-order valence-corrected chi connectivity index (χ4v) is 3.33. The van der Waals surface area contributed by atoms with Crippen molar-refractivity contribution in [3.63, 3.8) is 0 Å². The number of piperazine rings is 1. The van der Waals surface area contributed by atoms with Gasteiger partial charge in [-0.3, -0.25) is 14.9 Å². The van der Waals surface area contributed by atoms with Gasteiger partial charge in [-0.15, -0.1) is 0 Å². The first-order valence-corrected chi connectivity index (χ1v) is 9.23. The molecule has 2 atom stereocenters. The summed E-state index contributed by atoms with van der Waals surface area (Å²) in [7, 11) is 1.26. The number of nitrogens with zero attached hydrogens (tertiary/aromatic N) is 3. The highest BCUT2D eigenvalue weighted by atomic mass is 16.6. The monoisotopic (exact) mass is 388 g/mol. The fourth-order valence-electron chi connectivity index (χ4n) is 3.33. The molecule has 1 saturated heterocycles. The predicted molar refractivity (Wildman–Crippen MR) is 100 cm³/mol. The van der Waals surface area contributed by atoms with E-state index >= 15 is 0 Å². The Kier molecular flexibility index (Phi) is 6.13. The van der Waals surface area contributed by atoms with Crippen molar-refractivity contribution in [1.29, 1.82) is 0 Å². The van der Waals surface area contributed by atoms with E-state index in [9.17, 15) is 14.4 Å². The van der Waals surface area contributed by atoms with Crippen molar-refractivity contribution in [3.05, 3.63) is 35.9 Å². The first kappa shape index (κ1) is 19.7. The number of guanidine groups is 1. The summed E-state index contributed by atoms with van der Waals surface area (Å²) in [5.41, 5.74) is 0.760. The molecule has 1 N–H and O–H groups in total. The van der Waals surface area contributed by atoms with Crippen molar-refractivity contribution in [2.45, 2.75) is 13.0 Å². The molecular formula is C19H24N4O5. The summed E-state index contributed by atoms with van der Waals surface area (Å²) in [6, 6.07) is 8.53. The maximum Gasteiger partial charge on any atom is 0.409 e. The summed E-state index contributed by atoms with van der Waals surface area (Å²) >= 11 is 0. The van der Waals surface area contributed by atoms with Crippen LogP contribution >= 0.6 is 0 Å². The number of aliphatic imine (C=N–C) groups is 1. The molecule has 28 heavy (non-hydrogen) atoms. The quantitative estimate of drug-likeness (QED) is 0.607.